The Kier molecular flexibility index (Phi) is 21.6. The fourth-order valence-electron chi connectivity index (χ4n) is 3.81. The summed E-state index contributed by atoms with van der Waals surface area (Å²) in [5.74, 6) is 0.786. The minimum absolute atomic E-state index is 0.786. The maximum absolute atomic E-state index is 4.07. The van der Waals surface area contributed by atoms with Crippen LogP contribution in [0.3, 0.4) is 0 Å². The number of rotatable bonds is 21. The van der Waals surface area contributed by atoms with Crippen molar-refractivity contribution < 1.29 is 0 Å². The lowest BCUT2D eigenvalue weighted by Gasteiger charge is -2.12. The molecular weight excluding hydrogens is 300 g/mol. The zero-order valence-corrected chi connectivity index (χ0v) is 18.0. The van der Waals surface area contributed by atoms with Crippen molar-refractivity contribution in [2.45, 2.75) is 142 Å². The lowest BCUT2D eigenvalue weighted by molar-refractivity contribution is 0.463. The van der Waals surface area contributed by atoms with Crippen molar-refractivity contribution >= 4 is 0 Å². The molecule has 0 saturated carbocycles. The van der Waals surface area contributed by atoms with Crippen LogP contribution in [0.15, 0.2) is 12.7 Å². The van der Waals surface area contributed by atoms with Crippen molar-refractivity contribution in [3.63, 3.8) is 0 Å². The Labute approximate surface area is 161 Å². The smallest absolute Gasteiger partial charge is 0.0236 e. The second kappa shape index (κ2) is 21.8. The number of hydrogen-bond acceptors (Lipinski definition) is 0. The van der Waals surface area contributed by atoms with E-state index in [1.807, 2.05) is 0 Å². The summed E-state index contributed by atoms with van der Waals surface area (Å²) < 4.78 is 0. The molecule has 0 rings (SSSR count). The highest BCUT2D eigenvalue weighted by molar-refractivity contribution is 4.78. The van der Waals surface area contributed by atoms with Crippen molar-refractivity contribution in [2.75, 3.05) is 0 Å². The van der Waals surface area contributed by atoms with E-state index in [1.165, 1.54) is 128 Å². The summed E-state index contributed by atoms with van der Waals surface area (Å²) in [7, 11) is 0. The van der Waals surface area contributed by atoms with Gasteiger partial charge in [0.2, 0.25) is 0 Å². The topological polar surface area (TPSA) is 0 Å². The van der Waals surface area contributed by atoms with Crippen molar-refractivity contribution in [3.05, 3.63) is 12.7 Å². The van der Waals surface area contributed by atoms with Gasteiger partial charge in [-0.3, -0.25) is 0 Å². The van der Waals surface area contributed by atoms with Gasteiger partial charge in [-0.2, -0.15) is 0 Å². The molecule has 0 heteroatoms. The monoisotopic (exact) mass is 350 g/mol. The molecular formula is C25H50. The lowest BCUT2D eigenvalue weighted by atomic mass is 9.94. The molecule has 0 fully saturated rings. The standard InChI is InChI=1S/C25H50/c1-4-7-9-11-13-14-15-16-18-20-22-24-25(6-3)23-21-19-17-12-10-8-5-2/h6,25H,3-5,7-24H2,1-2H3. The van der Waals surface area contributed by atoms with Gasteiger partial charge >= 0.3 is 0 Å². The van der Waals surface area contributed by atoms with Gasteiger partial charge < -0.3 is 0 Å². The van der Waals surface area contributed by atoms with E-state index in [0.717, 1.165) is 5.92 Å². The van der Waals surface area contributed by atoms with E-state index in [4.69, 9.17) is 0 Å². The predicted molar refractivity (Wildman–Crippen MR) is 117 cm³/mol. The molecule has 0 spiro atoms. The van der Waals surface area contributed by atoms with Crippen molar-refractivity contribution in [1.29, 1.82) is 0 Å². The van der Waals surface area contributed by atoms with Crippen LogP contribution in [0.25, 0.3) is 0 Å². The maximum Gasteiger partial charge on any atom is -0.0236 e. The number of hydrogen-bond donors (Lipinski definition) is 0. The van der Waals surface area contributed by atoms with E-state index >= 15 is 0 Å². The lowest BCUT2D eigenvalue weighted by Crippen LogP contribution is -1.97. The second-order valence-electron chi connectivity index (χ2n) is 8.23. The molecule has 0 aromatic rings. The van der Waals surface area contributed by atoms with Gasteiger partial charge in [0.1, 0.15) is 0 Å². The van der Waals surface area contributed by atoms with E-state index < -0.39 is 0 Å². The number of allylic oxidation sites excluding steroid dienone is 1. The third kappa shape index (κ3) is 19.9. The van der Waals surface area contributed by atoms with E-state index in [9.17, 15) is 0 Å². The van der Waals surface area contributed by atoms with E-state index in [1.54, 1.807) is 0 Å². The van der Waals surface area contributed by atoms with Crippen LogP contribution in [0.4, 0.5) is 0 Å². The van der Waals surface area contributed by atoms with Crippen LogP contribution < -0.4 is 0 Å². The molecule has 0 amide bonds. The van der Waals surface area contributed by atoms with Crippen LogP contribution in [-0.2, 0) is 0 Å². The fraction of sp³-hybridized carbons (Fsp3) is 0.920. The Morgan fingerprint density at radius 3 is 1.04 bits per heavy atom. The molecule has 0 nitrogen and oxygen atoms in total. The Hall–Kier alpha value is -0.260. The summed E-state index contributed by atoms with van der Waals surface area (Å²) >= 11 is 0. The zero-order chi connectivity index (χ0) is 18.4. The van der Waals surface area contributed by atoms with E-state index in [2.05, 4.69) is 26.5 Å². The predicted octanol–water partition coefficient (Wildman–Crippen LogP) is 9.63. The molecule has 0 aromatic heterocycles. The van der Waals surface area contributed by atoms with E-state index in [-0.39, 0.29) is 0 Å². The van der Waals surface area contributed by atoms with Gasteiger partial charge in [-0.15, -0.1) is 6.58 Å². The van der Waals surface area contributed by atoms with Crippen molar-refractivity contribution in [2.24, 2.45) is 5.92 Å². The normalized spacial score (nSPS) is 12.4. The van der Waals surface area contributed by atoms with Gasteiger partial charge in [0, 0.05) is 0 Å². The molecule has 0 aliphatic carbocycles. The van der Waals surface area contributed by atoms with Crippen LogP contribution in [0.2, 0.25) is 0 Å². The Morgan fingerprint density at radius 2 is 0.760 bits per heavy atom. The zero-order valence-electron chi connectivity index (χ0n) is 18.0. The summed E-state index contributed by atoms with van der Waals surface area (Å²) in [5, 5.41) is 0. The Balaban J connectivity index is 3.28. The molecule has 150 valence electrons. The van der Waals surface area contributed by atoms with Crippen LogP contribution in [-0.4, -0.2) is 0 Å². The molecule has 25 heavy (non-hydrogen) atoms. The largest absolute Gasteiger partial charge is 0.103 e. The maximum atomic E-state index is 4.07. The third-order valence-electron chi connectivity index (χ3n) is 5.69. The number of unbranched alkanes of at least 4 members (excludes halogenated alkanes) is 16. The molecule has 0 saturated heterocycles. The summed E-state index contributed by atoms with van der Waals surface area (Å²) in [6.07, 6.45) is 30.9. The van der Waals surface area contributed by atoms with Crippen LogP contribution in [0.1, 0.15) is 142 Å². The van der Waals surface area contributed by atoms with Crippen molar-refractivity contribution in [1.82, 2.24) is 0 Å². The molecule has 0 aliphatic heterocycles. The van der Waals surface area contributed by atoms with Crippen LogP contribution >= 0.6 is 0 Å². The fourth-order valence-corrected chi connectivity index (χ4v) is 3.81. The molecule has 0 heterocycles. The summed E-state index contributed by atoms with van der Waals surface area (Å²) in [4.78, 5) is 0. The molecule has 0 bridgehead atoms. The van der Waals surface area contributed by atoms with E-state index in [0.29, 0.717) is 0 Å². The van der Waals surface area contributed by atoms with Gasteiger partial charge in [-0.05, 0) is 18.8 Å². The average molecular weight is 351 g/mol. The van der Waals surface area contributed by atoms with Gasteiger partial charge in [0.15, 0.2) is 0 Å². The quantitative estimate of drug-likeness (QED) is 0.143. The molecule has 0 N–H and O–H groups in total. The van der Waals surface area contributed by atoms with Gasteiger partial charge in [0.25, 0.3) is 0 Å². The Morgan fingerprint density at radius 1 is 0.480 bits per heavy atom. The molecule has 1 unspecified atom stereocenters. The first-order chi connectivity index (χ1) is 12.3. The first-order valence-corrected chi connectivity index (χ1v) is 12.0. The van der Waals surface area contributed by atoms with Gasteiger partial charge in [-0.25, -0.2) is 0 Å². The highest BCUT2D eigenvalue weighted by Crippen LogP contribution is 2.20. The average Bonchev–Trinajstić information content (AvgIpc) is 2.63. The third-order valence-corrected chi connectivity index (χ3v) is 5.69. The summed E-state index contributed by atoms with van der Waals surface area (Å²) in [5.41, 5.74) is 0. The molecule has 1 atom stereocenters. The molecule has 0 radical (unpaired) electrons. The summed E-state index contributed by atoms with van der Waals surface area (Å²) in [6.45, 7) is 8.66. The van der Waals surface area contributed by atoms with Gasteiger partial charge in [-0.1, -0.05) is 135 Å². The van der Waals surface area contributed by atoms with Crippen molar-refractivity contribution in [3.8, 4) is 0 Å². The minimum Gasteiger partial charge on any atom is -0.103 e. The second-order valence-corrected chi connectivity index (χ2v) is 8.23. The SMILES string of the molecule is C=CC(CCCCCCCCC)CCCCCCCCCCCCC. The molecule has 0 aromatic carbocycles. The van der Waals surface area contributed by atoms with Gasteiger partial charge in [0.05, 0.1) is 0 Å². The first-order valence-electron chi connectivity index (χ1n) is 12.0. The molecule has 0 aliphatic rings. The van der Waals surface area contributed by atoms with Crippen LogP contribution in [0.5, 0.6) is 0 Å². The first kappa shape index (κ1) is 24.7. The summed E-state index contributed by atoms with van der Waals surface area (Å²) in [6, 6.07) is 0. The Bertz CT molecular complexity index is 242. The minimum atomic E-state index is 0.786. The highest BCUT2D eigenvalue weighted by Gasteiger charge is 2.04. The van der Waals surface area contributed by atoms with Crippen LogP contribution in [0, 0.1) is 5.92 Å². The highest BCUT2D eigenvalue weighted by atomic mass is 14.1.